The van der Waals surface area contributed by atoms with Crippen molar-refractivity contribution in [2.75, 3.05) is 0 Å². The molecule has 2 rings (SSSR count). The van der Waals surface area contributed by atoms with Crippen LogP contribution in [0.2, 0.25) is 0 Å². The average molecular weight is 295 g/mol. The van der Waals surface area contributed by atoms with E-state index in [9.17, 15) is 4.39 Å². The Hall–Kier alpha value is -1.26. The van der Waals surface area contributed by atoms with Crippen LogP contribution in [0.25, 0.3) is 0 Å². The summed E-state index contributed by atoms with van der Waals surface area (Å²) in [4.78, 5) is 4.06. The molecular weight excluding hydrogens is 283 g/mol. The zero-order chi connectivity index (χ0) is 12.3. The molecule has 2 nitrogen and oxygen atoms in total. The lowest BCUT2D eigenvalue weighted by molar-refractivity contribution is 0.622. The number of pyridine rings is 1. The smallest absolute Gasteiger partial charge is 0.123 e. The van der Waals surface area contributed by atoms with Crippen molar-refractivity contribution in [3.63, 3.8) is 0 Å². The second-order valence-electron chi connectivity index (χ2n) is 3.88. The lowest BCUT2D eigenvalue weighted by Crippen LogP contribution is -2.13. The highest BCUT2D eigenvalue weighted by Gasteiger charge is 2.08. The van der Waals surface area contributed by atoms with Crippen LogP contribution in [0.4, 0.5) is 4.39 Å². The number of halogens is 2. The molecule has 0 aliphatic heterocycles. The first kappa shape index (κ1) is 12.2. The van der Waals surface area contributed by atoms with Crippen molar-refractivity contribution in [1.29, 1.82) is 0 Å². The number of benzene rings is 1. The van der Waals surface area contributed by atoms with E-state index < -0.39 is 0 Å². The summed E-state index contributed by atoms with van der Waals surface area (Å²) in [6.45, 7) is 0. The first-order valence-corrected chi connectivity index (χ1v) is 6.05. The van der Waals surface area contributed by atoms with E-state index in [2.05, 4.69) is 20.9 Å². The monoisotopic (exact) mass is 294 g/mol. The van der Waals surface area contributed by atoms with Gasteiger partial charge in [-0.05, 0) is 51.7 Å². The molecule has 0 fully saturated rings. The number of nitrogens with two attached hydrogens (primary N) is 1. The number of hydrogen-bond donors (Lipinski definition) is 1. The Labute approximate surface area is 108 Å². The van der Waals surface area contributed by atoms with Crippen LogP contribution in [0, 0.1) is 5.82 Å². The summed E-state index contributed by atoms with van der Waals surface area (Å²) >= 11 is 3.35. The summed E-state index contributed by atoms with van der Waals surface area (Å²) in [6, 6.07) is 8.24. The van der Waals surface area contributed by atoms with E-state index in [1.54, 1.807) is 18.5 Å². The summed E-state index contributed by atoms with van der Waals surface area (Å²) in [7, 11) is 0. The van der Waals surface area contributed by atoms with Crippen LogP contribution >= 0.6 is 15.9 Å². The van der Waals surface area contributed by atoms with Gasteiger partial charge in [0.1, 0.15) is 5.82 Å². The molecule has 0 radical (unpaired) electrons. The molecule has 0 saturated heterocycles. The van der Waals surface area contributed by atoms with E-state index in [1.807, 2.05) is 12.1 Å². The number of rotatable bonds is 3. The molecule has 2 N–H and O–H groups in total. The third-order valence-electron chi connectivity index (χ3n) is 2.50. The average Bonchev–Trinajstić information content (AvgIpc) is 2.29. The minimum atomic E-state index is -0.234. The van der Waals surface area contributed by atoms with Gasteiger partial charge in [0.25, 0.3) is 0 Å². The van der Waals surface area contributed by atoms with Crippen LogP contribution in [0.5, 0.6) is 0 Å². The molecule has 0 spiro atoms. The van der Waals surface area contributed by atoms with Crippen molar-refractivity contribution in [3.05, 3.63) is 64.1 Å². The van der Waals surface area contributed by atoms with E-state index in [-0.39, 0.29) is 11.9 Å². The van der Waals surface area contributed by atoms with Crippen LogP contribution in [0.15, 0.2) is 47.2 Å². The fourth-order valence-electron chi connectivity index (χ4n) is 1.67. The van der Waals surface area contributed by atoms with Crippen molar-refractivity contribution in [2.24, 2.45) is 5.73 Å². The molecule has 0 amide bonds. The molecule has 0 aliphatic rings. The Bertz CT molecular complexity index is 516. The second kappa shape index (κ2) is 5.38. The van der Waals surface area contributed by atoms with Crippen LogP contribution in [0.3, 0.4) is 0 Å². The zero-order valence-electron chi connectivity index (χ0n) is 9.11. The number of nitrogens with zero attached hydrogens (tertiary/aromatic N) is 1. The van der Waals surface area contributed by atoms with Gasteiger partial charge in [0, 0.05) is 22.9 Å². The quantitative estimate of drug-likeness (QED) is 0.944. The molecular formula is C13H12BrFN2. The van der Waals surface area contributed by atoms with Gasteiger partial charge in [0.05, 0.1) is 0 Å². The van der Waals surface area contributed by atoms with Crippen LogP contribution in [-0.2, 0) is 6.42 Å². The van der Waals surface area contributed by atoms with Gasteiger partial charge < -0.3 is 5.73 Å². The Kier molecular flexibility index (Phi) is 3.86. The molecule has 0 saturated carbocycles. The summed E-state index contributed by atoms with van der Waals surface area (Å²) < 4.78 is 13.9. The predicted octanol–water partition coefficient (Wildman–Crippen LogP) is 3.23. The summed E-state index contributed by atoms with van der Waals surface area (Å²) in [5.74, 6) is -0.234. The molecule has 88 valence electrons. The van der Waals surface area contributed by atoms with Crippen LogP contribution < -0.4 is 5.73 Å². The van der Waals surface area contributed by atoms with E-state index >= 15 is 0 Å². The van der Waals surface area contributed by atoms with Crippen molar-refractivity contribution in [3.8, 4) is 0 Å². The molecule has 1 unspecified atom stereocenters. The van der Waals surface area contributed by atoms with E-state index in [0.717, 1.165) is 15.6 Å². The third kappa shape index (κ3) is 3.35. The van der Waals surface area contributed by atoms with Gasteiger partial charge in [-0.1, -0.05) is 12.1 Å². The largest absolute Gasteiger partial charge is 0.324 e. The number of hydrogen-bond acceptors (Lipinski definition) is 2. The lowest BCUT2D eigenvalue weighted by Gasteiger charge is -2.12. The summed E-state index contributed by atoms with van der Waals surface area (Å²) in [6.07, 6.45) is 4.03. The van der Waals surface area contributed by atoms with Gasteiger partial charge >= 0.3 is 0 Å². The molecule has 1 aromatic carbocycles. The molecule has 1 heterocycles. The van der Waals surface area contributed by atoms with E-state index in [4.69, 9.17) is 5.73 Å². The second-order valence-corrected chi connectivity index (χ2v) is 4.79. The van der Waals surface area contributed by atoms with Crippen LogP contribution in [0.1, 0.15) is 17.2 Å². The molecule has 17 heavy (non-hydrogen) atoms. The van der Waals surface area contributed by atoms with Gasteiger partial charge in [-0.2, -0.15) is 0 Å². The summed E-state index contributed by atoms with van der Waals surface area (Å²) in [5.41, 5.74) is 7.88. The van der Waals surface area contributed by atoms with Crippen molar-refractivity contribution in [2.45, 2.75) is 12.5 Å². The van der Waals surface area contributed by atoms with Crippen molar-refractivity contribution in [1.82, 2.24) is 4.98 Å². The number of aromatic nitrogens is 1. The molecule has 1 atom stereocenters. The predicted molar refractivity (Wildman–Crippen MR) is 69.0 cm³/mol. The van der Waals surface area contributed by atoms with E-state index in [0.29, 0.717) is 6.42 Å². The fraction of sp³-hybridized carbons (Fsp3) is 0.154. The summed E-state index contributed by atoms with van der Waals surface area (Å²) in [5, 5.41) is 0. The van der Waals surface area contributed by atoms with Crippen LogP contribution in [-0.4, -0.2) is 4.98 Å². The standard InChI is InChI=1S/C13H12BrFN2/c14-11-6-10(7-17-8-11)13(16)5-9-2-1-3-12(15)4-9/h1-4,6-8,13H,5,16H2. The Morgan fingerprint density at radius 1 is 1.29 bits per heavy atom. The molecule has 2 aromatic rings. The highest BCUT2D eigenvalue weighted by molar-refractivity contribution is 9.10. The first-order valence-electron chi connectivity index (χ1n) is 5.25. The van der Waals surface area contributed by atoms with Crippen molar-refractivity contribution < 1.29 is 4.39 Å². The third-order valence-corrected chi connectivity index (χ3v) is 2.93. The highest BCUT2D eigenvalue weighted by atomic mass is 79.9. The minimum absolute atomic E-state index is 0.179. The fourth-order valence-corrected chi connectivity index (χ4v) is 2.05. The van der Waals surface area contributed by atoms with Gasteiger partial charge in [-0.3, -0.25) is 4.98 Å². The lowest BCUT2D eigenvalue weighted by atomic mass is 10.0. The maximum atomic E-state index is 13.0. The van der Waals surface area contributed by atoms with Gasteiger partial charge in [-0.15, -0.1) is 0 Å². The zero-order valence-corrected chi connectivity index (χ0v) is 10.7. The SMILES string of the molecule is NC(Cc1cccc(F)c1)c1cncc(Br)c1. The van der Waals surface area contributed by atoms with Gasteiger partial charge in [-0.25, -0.2) is 4.39 Å². The first-order chi connectivity index (χ1) is 8.15. The Morgan fingerprint density at radius 3 is 2.82 bits per heavy atom. The Morgan fingerprint density at radius 2 is 2.12 bits per heavy atom. The maximum absolute atomic E-state index is 13.0. The van der Waals surface area contributed by atoms with Gasteiger partial charge in [0.2, 0.25) is 0 Å². The Balaban J connectivity index is 2.14. The van der Waals surface area contributed by atoms with E-state index in [1.165, 1.54) is 12.1 Å². The normalized spacial score (nSPS) is 12.4. The molecule has 0 bridgehead atoms. The van der Waals surface area contributed by atoms with Gasteiger partial charge in [0.15, 0.2) is 0 Å². The van der Waals surface area contributed by atoms with Crippen molar-refractivity contribution >= 4 is 15.9 Å². The minimum Gasteiger partial charge on any atom is -0.324 e. The maximum Gasteiger partial charge on any atom is 0.123 e. The topological polar surface area (TPSA) is 38.9 Å². The molecule has 1 aromatic heterocycles. The molecule has 0 aliphatic carbocycles. The molecule has 4 heteroatoms. The highest BCUT2D eigenvalue weighted by Crippen LogP contribution is 2.19.